The van der Waals surface area contributed by atoms with Crippen LogP contribution in [-0.2, 0) is 6.54 Å². The minimum Gasteiger partial charge on any atom is -0.350 e. The van der Waals surface area contributed by atoms with E-state index < -0.39 is 11.7 Å². The lowest BCUT2D eigenvalue weighted by molar-refractivity contribution is 0.0947. The van der Waals surface area contributed by atoms with Gasteiger partial charge in [0, 0.05) is 17.2 Å². The maximum absolute atomic E-state index is 13.5. The number of rotatable bonds is 4. The van der Waals surface area contributed by atoms with E-state index in [0.717, 1.165) is 0 Å². The topological polar surface area (TPSA) is 59.8 Å². The lowest BCUT2D eigenvalue weighted by Gasteiger charge is -2.07. The molecule has 0 fully saturated rings. The molecule has 94 valence electrons. The van der Waals surface area contributed by atoms with Gasteiger partial charge in [-0.25, -0.2) is 4.39 Å². The molecule has 5 nitrogen and oxygen atoms in total. The molecule has 0 spiro atoms. The molecule has 0 bridgehead atoms. The largest absolute Gasteiger partial charge is 0.350 e. The molecule has 0 saturated carbocycles. The second kappa shape index (κ2) is 5.72. The van der Waals surface area contributed by atoms with Crippen LogP contribution in [0.25, 0.3) is 0 Å². The average Bonchev–Trinajstić information content (AvgIpc) is 2.82. The summed E-state index contributed by atoms with van der Waals surface area (Å²) in [4.78, 5) is 11.8. The lowest BCUT2D eigenvalue weighted by Crippen LogP contribution is -2.28. The van der Waals surface area contributed by atoms with Crippen LogP contribution in [0.15, 0.2) is 35.1 Å². The summed E-state index contributed by atoms with van der Waals surface area (Å²) in [6, 6.07) is 4.40. The van der Waals surface area contributed by atoms with Crippen LogP contribution < -0.4 is 5.32 Å². The van der Waals surface area contributed by atoms with Crippen molar-refractivity contribution in [2.45, 2.75) is 6.54 Å². The molecule has 1 heterocycles. The molecule has 0 aliphatic heterocycles. The lowest BCUT2D eigenvalue weighted by atomic mass is 10.2. The normalized spacial score (nSPS) is 10.3. The van der Waals surface area contributed by atoms with Gasteiger partial charge in [0.1, 0.15) is 5.82 Å². The smallest absolute Gasteiger partial charge is 0.255 e. The summed E-state index contributed by atoms with van der Waals surface area (Å²) in [5.41, 5.74) is 0.0103. The third-order valence-electron chi connectivity index (χ3n) is 2.29. The Bertz CT molecular complexity index is 524. The molecule has 18 heavy (non-hydrogen) atoms. The Morgan fingerprint density at radius 2 is 2.33 bits per heavy atom. The Balaban J connectivity index is 1.96. The standard InChI is InChI=1S/C11H10BrFN4O/c12-8-2-1-3-9(13)10(8)11(18)14-4-6-17-7-5-15-16-17/h1-3,5,7H,4,6H2,(H,14,18). The van der Waals surface area contributed by atoms with Gasteiger partial charge in [-0.3, -0.25) is 9.48 Å². The van der Waals surface area contributed by atoms with Gasteiger partial charge in [0.15, 0.2) is 0 Å². The molecule has 1 amide bonds. The quantitative estimate of drug-likeness (QED) is 0.933. The molecule has 0 unspecified atom stereocenters. The molecule has 2 aromatic rings. The summed E-state index contributed by atoms with van der Waals surface area (Å²) in [6.45, 7) is 0.834. The van der Waals surface area contributed by atoms with Gasteiger partial charge in [-0.2, -0.15) is 0 Å². The highest BCUT2D eigenvalue weighted by atomic mass is 79.9. The van der Waals surface area contributed by atoms with Gasteiger partial charge in [-0.15, -0.1) is 5.10 Å². The van der Waals surface area contributed by atoms with Crippen molar-refractivity contribution >= 4 is 21.8 Å². The molecule has 0 aliphatic rings. The minimum atomic E-state index is -0.553. The van der Waals surface area contributed by atoms with E-state index in [2.05, 4.69) is 31.6 Å². The zero-order chi connectivity index (χ0) is 13.0. The van der Waals surface area contributed by atoms with E-state index in [0.29, 0.717) is 17.6 Å². The predicted molar refractivity (Wildman–Crippen MR) is 66.5 cm³/mol. The van der Waals surface area contributed by atoms with Crippen molar-refractivity contribution in [3.63, 3.8) is 0 Å². The summed E-state index contributed by atoms with van der Waals surface area (Å²) in [6.07, 6.45) is 3.24. The van der Waals surface area contributed by atoms with E-state index in [1.54, 1.807) is 23.1 Å². The number of aromatic nitrogens is 3. The second-order valence-corrected chi connectivity index (χ2v) is 4.37. The van der Waals surface area contributed by atoms with Crippen molar-refractivity contribution in [1.82, 2.24) is 20.3 Å². The zero-order valence-corrected chi connectivity index (χ0v) is 10.9. The fraction of sp³-hybridized carbons (Fsp3) is 0.182. The van der Waals surface area contributed by atoms with E-state index in [1.165, 1.54) is 12.1 Å². The average molecular weight is 313 g/mol. The van der Waals surface area contributed by atoms with Gasteiger partial charge in [-0.1, -0.05) is 11.3 Å². The van der Waals surface area contributed by atoms with Gasteiger partial charge in [-0.05, 0) is 28.1 Å². The Morgan fingerprint density at radius 1 is 1.50 bits per heavy atom. The van der Waals surface area contributed by atoms with Gasteiger partial charge in [0.25, 0.3) is 5.91 Å². The van der Waals surface area contributed by atoms with Crippen molar-refractivity contribution in [1.29, 1.82) is 0 Å². The summed E-state index contributed by atoms with van der Waals surface area (Å²) >= 11 is 3.15. The minimum absolute atomic E-state index is 0.0103. The number of amides is 1. The van der Waals surface area contributed by atoms with Crippen LogP contribution in [0.5, 0.6) is 0 Å². The number of benzene rings is 1. The number of nitrogens with one attached hydrogen (secondary N) is 1. The van der Waals surface area contributed by atoms with E-state index in [1.807, 2.05) is 0 Å². The Morgan fingerprint density at radius 3 is 3.00 bits per heavy atom. The first kappa shape index (κ1) is 12.7. The van der Waals surface area contributed by atoms with Crippen molar-refractivity contribution in [3.8, 4) is 0 Å². The van der Waals surface area contributed by atoms with Crippen molar-refractivity contribution in [2.75, 3.05) is 6.54 Å². The predicted octanol–water partition coefficient (Wildman–Crippen LogP) is 1.61. The molecular weight excluding hydrogens is 303 g/mol. The van der Waals surface area contributed by atoms with Crippen LogP contribution in [0.4, 0.5) is 4.39 Å². The van der Waals surface area contributed by atoms with Crippen LogP contribution in [0.2, 0.25) is 0 Å². The number of carbonyl (C=O) groups excluding carboxylic acids is 1. The second-order valence-electron chi connectivity index (χ2n) is 3.52. The number of halogens is 2. The highest BCUT2D eigenvalue weighted by Gasteiger charge is 2.14. The van der Waals surface area contributed by atoms with Crippen molar-refractivity contribution in [2.24, 2.45) is 0 Å². The van der Waals surface area contributed by atoms with Gasteiger partial charge >= 0.3 is 0 Å². The number of carbonyl (C=O) groups is 1. The number of nitrogens with zero attached hydrogens (tertiary/aromatic N) is 3. The first-order valence-corrected chi connectivity index (χ1v) is 6.04. The summed E-state index contributed by atoms with van der Waals surface area (Å²) in [7, 11) is 0. The summed E-state index contributed by atoms with van der Waals surface area (Å²) in [5.74, 6) is -1.01. The first-order valence-electron chi connectivity index (χ1n) is 5.25. The molecule has 2 rings (SSSR count). The highest BCUT2D eigenvalue weighted by molar-refractivity contribution is 9.10. The maximum atomic E-state index is 13.5. The third-order valence-corrected chi connectivity index (χ3v) is 2.95. The molecule has 1 aromatic carbocycles. The maximum Gasteiger partial charge on any atom is 0.255 e. The van der Waals surface area contributed by atoms with E-state index in [-0.39, 0.29) is 5.56 Å². The molecule has 0 saturated heterocycles. The van der Waals surface area contributed by atoms with E-state index in [4.69, 9.17) is 0 Å². The van der Waals surface area contributed by atoms with E-state index in [9.17, 15) is 9.18 Å². The van der Waals surface area contributed by atoms with Crippen LogP contribution in [-0.4, -0.2) is 27.4 Å². The molecule has 0 atom stereocenters. The monoisotopic (exact) mass is 312 g/mol. The Hall–Kier alpha value is -1.76. The van der Waals surface area contributed by atoms with Gasteiger partial charge in [0.05, 0.1) is 18.3 Å². The molecule has 0 radical (unpaired) electrons. The third kappa shape index (κ3) is 2.92. The van der Waals surface area contributed by atoms with Crippen LogP contribution in [0, 0.1) is 5.82 Å². The molecular formula is C11H10BrFN4O. The van der Waals surface area contributed by atoms with Gasteiger partial charge in [0.2, 0.25) is 0 Å². The number of hydrogen-bond acceptors (Lipinski definition) is 3. The fourth-order valence-corrected chi connectivity index (χ4v) is 1.96. The molecule has 0 aliphatic carbocycles. The molecule has 7 heteroatoms. The molecule has 1 aromatic heterocycles. The van der Waals surface area contributed by atoms with Crippen LogP contribution in [0.1, 0.15) is 10.4 Å². The van der Waals surface area contributed by atoms with Crippen LogP contribution >= 0.6 is 15.9 Å². The zero-order valence-electron chi connectivity index (χ0n) is 9.31. The summed E-state index contributed by atoms with van der Waals surface area (Å²) in [5, 5.41) is 10.0. The van der Waals surface area contributed by atoms with E-state index >= 15 is 0 Å². The summed E-state index contributed by atoms with van der Waals surface area (Å²) < 4.78 is 15.5. The Labute approximate surface area is 111 Å². The van der Waals surface area contributed by atoms with Gasteiger partial charge < -0.3 is 5.32 Å². The SMILES string of the molecule is O=C(NCCn1ccnn1)c1c(F)cccc1Br. The first-order chi connectivity index (χ1) is 8.68. The fourth-order valence-electron chi connectivity index (χ4n) is 1.44. The number of hydrogen-bond donors (Lipinski definition) is 1. The van der Waals surface area contributed by atoms with Crippen LogP contribution in [0.3, 0.4) is 0 Å². The van der Waals surface area contributed by atoms with Crippen molar-refractivity contribution < 1.29 is 9.18 Å². The Kier molecular flexibility index (Phi) is 4.03. The highest BCUT2D eigenvalue weighted by Crippen LogP contribution is 2.19. The van der Waals surface area contributed by atoms with Crippen molar-refractivity contribution in [3.05, 3.63) is 46.4 Å². The molecule has 1 N–H and O–H groups in total.